The number of ether oxygens (including phenoxy) is 2. The van der Waals surface area contributed by atoms with E-state index in [0.717, 1.165) is 4.57 Å². The van der Waals surface area contributed by atoms with Crippen molar-refractivity contribution in [3.8, 4) is 0 Å². The molecule has 3 heterocycles. The van der Waals surface area contributed by atoms with Crippen molar-refractivity contribution in [1.29, 1.82) is 0 Å². The molecule has 2 saturated heterocycles. The minimum atomic E-state index is -1.30. The van der Waals surface area contributed by atoms with Crippen molar-refractivity contribution in [1.82, 2.24) is 9.55 Å². The Morgan fingerprint density at radius 2 is 2.00 bits per heavy atom. The lowest BCUT2D eigenvalue weighted by Crippen LogP contribution is -2.40. The van der Waals surface area contributed by atoms with Crippen LogP contribution in [-0.4, -0.2) is 76.1 Å². The number of anilines is 1. The third-order valence-corrected chi connectivity index (χ3v) is 3.94. The van der Waals surface area contributed by atoms with Crippen LogP contribution in [0.1, 0.15) is 6.23 Å². The molecule has 2 fully saturated rings. The van der Waals surface area contributed by atoms with Crippen molar-refractivity contribution in [2.45, 2.75) is 24.5 Å². The molecule has 0 spiro atoms. The first-order valence-electron chi connectivity index (χ1n) is 7.16. The van der Waals surface area contributed by atoms with Crippen molar-refractivity contribution in [3.63, 3.8) is 0 Å². The Kier molecular flexibility index (Phi) is 4.41. The number of hydrogen-bond donors (Lipinski definition) is 3. The van der Waals surface area contributed by atoms with Gasteiger partial charge in [-0.1, -0.05) is 0 Å². The third-order valence-electron chi connectivity index (χ3n) is 3.94. The summed E-state index contributed by atoms with van der Waals surface area (Å²) in [6, 6.07) is 1.65. The van der Waals surface area contributed by atoms with E-state index in [4.69, 9.17) is 14.6 Å². The van der Waals surface area contributed by atoms with Crippen LogP contribution in [0.3, 0.4) is 0 Å². The van der Waals surface area contributed by atoms with Crippen LogP contribution < -0.4 is 10.6 Å². The largest absolute Gasteiger partial charge is 0.394 e. The van der Waals surface area contributed by atoms with Crippen molar-refractivity contribution >= 4 is 5.82 Å². The van der Waals surface area contributed by atoms with E-state index in [2.05, 4.69) is 4.98 Å². The summed E-state index contributed by atoms with van der Waals surface area (Å²) in [5.41, 5.74) is -0.584. The number of morpholine rings is 1. The summed E-state index contributed by atoms with van der Waals surface area (Å²) in [6.45, 7) is 2.04. The van der Waals surface area contributed by atoms with Gasteiger partial charge in [-0.05, 0) is 6.07 Å². The van der Waals surface area contributed by atoms with E-state index in [-0.39, 0.29) is 0 Å². The third kappa shape index (κ3) is 2.73. The molecule has 3 rings (SSSR count). The number of aliphatic hydroxyl groups is 3. The van der Waals surface area contributed by atoms with Crippen LogP contribution in [0.5, 0.6) is 0 Å². The molecule has 0 aromatic carbocycles. The van der Waals surface area contributed by atoms with E-state index in [1.54, 1.807) is 6.07 Å². The Hall–Kier alpha value is -1.52. The first-order valence-corrected chi connectivity index (χ1v) is 7.16. The molecule has 0 radical (unpaired) electrons. The van der Waals surface area contributed by atoms with Gasteiger partial charge in [-0.3, -0.25) is 4.57 Å². The number of aliphatic hydroxyl groups excluding tert-OH is 3. The van der Waals surface area contributed by atoms with Crippen LogP contribution in [0.15, 0.2) is 17.1 Å². The van der Waals surface area contributed by atoms with Gasteiger partial charge in [0.25, 0.3) is 0 Å². The van der Waals surface area contributed by atoms with E-state index in [9.17, 15) is 15.0 Å². The topological polar surface area (TPSA) is 117 Å². The van der Waals surface area contributed by atoms with Gasteiger partial charge in [0, 0.05) is 19.3 Å². The normalized spacial score (nSPS) is 32.4. The fourth-order valence-corrected chi connectivity index (χ4v) is 2.68. The van der Waals surface area contributed by atoms with Crippen molar-refractivity contribution < 1.29 is 24.8 Å². The fourth-order valence-electron chi connectivity index (χ4n) is 2.68. The maximum atomic E-state index is 12.2. The van der Waals surface area contributed by atoms with Gasteiger partial charge >= 0.3 is 5.69 Å². The SMILES string of the molecule is O=c1nc(N2CCOCC2)ccn1[C@@H]1O[C@@H](CO)[C@@H](O)[C@@H]1O. The van der Waals surface area contributed by atoms with Gasteiger partial charge in [-0.25, -0.2) is 4.79 Å². The van der Waals surface area contributed by atoms with Gasteiger partial charge in [0.15, 0.2) is 6.23 Å². The second kappa shape index (κ2) is 6.31. The smallest absolute Gasteiger partial charge is 0.351 e. The molecule has 22 heavy (non-hydrogen) atoms. The molecule has 122 valence electrons. The molecule has 0 saturated carbocycles. The van der Waals surface area contributed by atoms with Crippen LogP contribution in [-0.2, 0) is 9.47 Å². The first kappa shape index (κ1) is 15.4. The maximum absolute atomic E-state index is 12.2. The number of rotatable bonds is 3. The van der Waals surface area contributed by atoms with Crippen molar-refractivity contribution in [2.24, 2.45) is 0 Å². The monoisotopic (exact) mass is 313 g/mol. The second-order valence-electron chi connectivity index (χ2n) is 5.30. The van der Waals surface area contributed by atoms with Crippen LogP contribution in [0, 0.1) is 0 Å². The summed E-state index contributed by atoms with van der Waals surface area (Å²) in [5, 5.41) is 28.8. The van der Waals surface area contributed by atoms with Gasteiger partial charge in [0.1, 0.15) is 24.1 Å². The molecular weight excluding hydrogens is 294 g/mol. The zero-order valence-electron chi connectivity index (χ0n) is 11.9. The molecule has 4 atom stereocenters. The average molecular weight is 313 g/mol. The Balaban J connectivity index is 1.82. The lowest BCUT2D eigenvalue weighted by atomic mass is 10.1. The Morgan fingerprint density at radius 3 is 2.59 bits per heavy atom. The summed E-state index contributed by atoms with van der Waals surface area (Å²) in [4.78, 5) is 18.1. The molecule has 9 heteroatoms. The molecule has 9 nitrogen and oxygen atoms in total. The summed E-state index contributed by atoms with van der Waals surface area (Å²) in [5.74, 6) is 0.538. The van der Waals surface area contributed by atoms with Crippen molar-refractivity contribution in [3.05, 3.63) is 22.7 Å². The summed E-state index contributed by atoms with van der Waals surface area (Å²) >= 11 is 0. The zero-order valence-corrected chi connectivity index (χ0v) is 11.9. The van der Waals surface area contributed by atoms with Crippen molar-refractivity contribution in [2.75, 3.05) is 37.8 Å². The number of nitrogens with zero attached hydrogens (tertiary/aromatic N) is 3. The van der Waals surface area contributed by atoms with Crippen LogP contribution >= 0.6 is 0 Å². The van der Waals surface area contributed by atoms with E-state index in [1.807, 2.05) is 4.90 Å². The highest BCUT2D eigenvalue weighted by atomic mass is 16.6. The molecule has 0 unspecified atom stereocenters. The summed E-state index contributed by atoms with van der Waals surface area (Å²) in [7, 11) is 0. The predicted octanol–water partition coefficient (Wildman–Crippen LogP) is -2.31. The minimum Gasteiger partial charge on any atom is -0.394 e. The van der Waals surface area contributed by atoms with E-state index < -0.39 is 36.8 Å². The standard InChI is InChI=1S/C13H19N3O6/c17-7-8-10(18)11(19)12(22-8)16-2-1-9(14-13(16)20)15-3-5-21-6-4-15/h1-2,8,10-12,17-19H,3-7H2/t8-,10+,11-,12+/m0/s1. The quantitative estimate of drug-likeness (QED) is 0.570. The lowest BCUT2D eigenvalue weighted by molar-refractivity contribution is -0.0549. The van der Waals surface area contributed by atoms with Gasteiger partial charge in [-0.15, -0.1) is 0 Å². The molecule has 0 amide bonds. The molecule has 0 bridgehead atoms. The maximum Gasteiger partial charge on any atom is 0.351 e. The van der Waals surface area contributed by atoms with Crippen LogP contribution in [0.2, 0.25) is 0 Å². The number of hydrogen-bond acceptors (Lipinski definition) is 8. The highest BCUT2D eigenvalue weighted by Gasteiger charge is 2.43. The van der Waals surface area contributed by atoms with E-state index in [1.165, 1.54) is 6.20 Å². The second-order valence-corrected chi connectivity index (χ2v) is 5.30. The molecule has 2 aliphatic heterocycles. The van der Waals surface area contributed by atoms with Gasteiger partial charge < -0.3 is 29.7 Å². The minimum absolute atomic E-state index is 0.442. The highest BCUT2D eigenvalue weighted by molar-refractivity contribution is 5.36. The van der Waals surface area contributed by atoms with Crippen LogP contribution in [0.25, 0.3) is 0 Å². The molecule has 1 aromatic rings. The Labute approximate surface area is 126 Å². The Bertz CT molecular complexity index is 573. The average Bonchev–Trinajstić information content (AvgIpc) is 2.83. The molecule has 0 aliphatic carbocycles. The first-order chi connectivity index (χ1) is 10.6. The van der Waals surface area contributed by atoms with Gasteiger partial charge in [-0.2, -0.15) is 4.98 Å². The summed E-state index contributed by atoms with van der Waals surface area (Å²) < 4.78 is 11.7. The Morgan fingerprint density at radius 1 is 1.27 bits per heavy atom. The molecular formula is C13H19N3O6. The van der Waals surface area contributed by atoms with Gasteiger partial charge in [0.2, 0.25) is 0 Å². The lowest BCUT2D eigenvalue weighted by Gasteiger charge is -2.28. The molecule has 2 aliphatic rings. The fraction of sp³-hybridized carbons (Fsp3) is 0.692. The van der Waals surface area contributed by atoms with Crippen LogP contribution in [0.4, 0.5) is 5.82 Å². The highest BCUT2D eigenvalue weighted by Crippen LogP contribution is 2.28. The van der Waals surface area contributed by atoms with Gasteiger partial charge in [0.05, 0.1) is 19.8 Å². The molecule has 3 N–H and O–H groups in total. The van der Waals surface area contributed by atoms with E-state index in [0.29, 0.717) is 32.1 Å². The molecule has 1 aromatic heterocycles. The predicted molar refractivity (Wildman–Crippen MR) is 74.5 cm³/mol. The number of aromatic nitrogens is 2. The summed E-state index contributed by atoms with van der Waals surface area (Å²) in [6.07, 6.45) is -3.07. The van der Waals surface area contributed by atoms with E-state index >= 15 is 0 Å². The zero-order chi connectivity index (χ0) is 15.7.